The van der Waals surface area contributed by atoms with Crippen LogP contribution in [-0.4, -0.2) is 42.9 Å². The molecule has 1 aromatic rings. The zero-order chi connectivity index (χ0) is 13.8. The van der Waals surface area contributed by atoms with E-state index in [4.69, 9.17) is 4.74 Å². The second-order valence-electron chi connectivity index (χ2n) is 5.17. The molecule has 4 heteroatoms. The summed E-state index contributed by atoms with van der Waals surface area (Å²) in [6.07, 6.45) is 1.53. The van der Waals surface area contributed by atoms with Gasteiger partial charge < -0.3 is 14.7 Å². The second-order valence-corrected chi connectivity index (χ2v) is 6.09. The Labute approximate surface area is 123 Å². The molecule has 1 aliphatic heterocycles. The summed E-state index contributed by atoms with van der Waals surface area (Å²) in [4.78, 5) is 2.40. The van der Waals surface area contributed by atoms with Crippen LogP contribution in [0.5, 0.6) is 5.75 Å². The van der Waals surface area contributed by atoms with Crippen molar-refractivity contribution in [3.63, 3.8) is 0 Å². The summed E-state index contributed by atoms with van der Waals surface area (Å²) < 4.78 is 6.47. The Bertz CT molecular complexity index is 425. The fourth-order valence-corrected chi connectivity index (χ4v) is 3.18. The first-order valence-corrected chi connectivity index (χ1v) is 7.66. The Hall–Kier alpha value is -0.580. The Balaban J connectivity index is 2.12. The monoisotopic (exact) mass is 327 g/mol. The molecule has 2 atom stereocenters. The molecular formula is C15H22BrNO2. The van der Waals surface area contributed by atoms with Crippen molar-refractivity contribution in [1.82, 2.24) is 4.90 Å². The van der Waals surface area contributed by atoms with Gasteiger partial charge in [0.1, 0.15) is 5.75 Å². The topological polar surface area (TPSA) is 32.7 Å². The fourth-order valence-electron chi connectivity index (χ4n) is 2.77. The lowest BCUT2D eigenvalue weighted by Crippen LogP contribution is -2.43. The summed E-state index contributed by atoms with van der Waals surface area (Å²) in [6, 6.07) is 6.06. The molecule has 2 rings (SSSR count). The van der Waals surface area contributed by atoms with Gasteiger partial charge in [0.2, 0.25) is 0 Å². The van der Waals surface area contributed by atoms with Crippen molar-refractivity contribution in [3.8, 4) is 5.75 Å². The van der Waals surface area contributed by atoms with Gasteiger partial charge >= 0.3 is 0 Å². The van der Waals surface area contributed by atoms with Gasteiger partial charge in [0.15, 0.2) is 0 Å². The molecule has 1 aliphatic rings. The zero-order valence-electron chi connectivity index (χ0n) is 11.6. The normalized spacial score (nSPS) is 24.4. The van der Waals surface area contributed by atoms with E-state index in [1.165, 1.54) is 5.56 Å². The second kappa shape index (κ2) is 6.73. The molecular weight excluding hydrogens is 306 g/mol. The van der Waals surface area contributed by atoms with E-state index in [0.29, 0.717) is 0 Å². The third-order valence-electron chi connectivity index (χ3n) is 3.95. The Morgan fingerprint density at radius 3 is 2.95 bits per heavy atom. The number of benzene rings is 1. The Morgan fingerprint density at radius 2 is 2.26 bits per heavy atom. The van der Waals surface area contributed by atoms with Crippen LogP contribution in [-0.2, 0) is 6.42 Å². The molecule has 19 heavy (non-hydrogen) atoms. The lowest BCUT2D eigenvalue weighted by atomic mass is 9.88. The van der Waals surface area contributed by atoms with Crippen LogP contribution in [0.1, 0.15) is 18.9 Å². The number of aliphatic hydroxyl groups excluding tert-OH is 1. The molecule has 3 nitrogen and oxygen atoms in total. The number of aliphatic hydroxyl groups is 1. The average molecular weight is 328 g/mol. The van der Waals surface area contributed by atoms with E-state index in [1.807, 2.05) is 12.1 Å². The number of likely N-dealkylation sites (tertiary alicyclic amines) is 1. The third kappa shape index (κ3) is 3.71. The lowest BCUT2D eigenvalue weighted by molar-refractivity contribution is 0.0288. The molecule has 0 saturated carbocycles. The number of hydrogen-bond donors (Lipinski definition) is 1. The minimum Gasteiger partial charge on any atom is -0.496 e. The van der Waals surface area contributed by atoms with Gasteiger partial charge in [-0.05, 0) is 43.1 Å². The van der Waals surface area contributed by atoms with Crippen LogP contribution in [0.2, 0.25) is 0 Å². The van der Waals surface area contributed by atoms with Crippen LogP contribution in [0.25, 0.3) is 0 Å². The van der Waals surface area contributed by atoms with E-state index >= 15 is 0 Å². The first kappa shape index (κ1) is 14.8. The molecule has 1 N–H and O–H groups in total. The van der Waals surface area contributed by atoms with E-state index in [2.05, 4.69) is 33.8 Å². The predicted octanol–water partition coefficient (Wildman–Crippen LogP) is 2.70. The number of rotatable bonds is 4. The van der Waals surface area contributed by atoms with E-state index < -0.39 is 0 Å². The van der Waals surface area contributed by atoms with Crippen LogP contribution >= 0.6 is 15.9 Å². The van der Waals surface area contributed by atoms with Gasteiger partial charge in [0.05, 0.1) is 13.2 Å². The van der Waals surface area contributed by atoms with Gasteiger partial charge in [0.25, 0.3) is 0 Å². The molecule has 0 radical (unpaired) electrons. The van der Waals surface area contributed by atoms with Gasteiger partial charge in [-0.1, -0.05) is 22.9 Å². The minimum absolute atomic E-state index is 0.202. The molecule has 0 amide bonds. The highest BCUT2D eigenvalue weighted by Crippen LogP contribution is 2.28. The zero-order valence-corrected chi connectivity index (χ0v) is 13.2. The lowest BCUT2D eigenvalue weighted by Gasteiger charge is -2.35. The van der Waals surface area contributed by atoms with Crippen molar-refractivity contribution in [1.29, 1.82) is 0 Å². The molecule has 0 spiro atoms. The van der Waals surface area contributed by atoms with Gasteiger partial charge in [-0.3, -0.25) is 0 Å². The van der Waals surface area contributed by atoms with Gasteiger partial charge in [-0.25, -0.2) is 0 Å². The Morgan fingerprint density at radius 1 is 1.47 bits per heavy atom. The highest BCUT2D eigenvalue weighted by Gasteiger charge is 2.27. The van der Waals surface area contributed by atoms with Crippen molar-refractivity contribution < 1.29 is 9.84 Å². The maximum Gasteiger partial charge on any atom is 0.122 e. The SMILES string of the molecule is CCN1CCC(O)C(Cc2cc(Br)ccc2OC)C1. The summed E-state index contributed by atoms with van der Waals surface area (Å²) in [5.74, 6) is 1.20. The number of nitrogens with zero attached hydrogens (tertiary/aromatic N) is 1. The van der Waals surface area contributed by atoms with Crippen LogP contribution in [0.3, 0.4) is 0 Å². The highest BCUT2D eigenvalue weighted by molar-refractivity contribution is 9.10. The average Bonchev–Trinajstić information content (AvgIpc) is 2.41. The van der Waals surface area contributed by atoms with E-state index in [0.717, 1.165) is 42.7 Å². The summed E-state index contributed by atoms with van der Waals surface area (Å²) in [6.45, 7) is 5.20. The maximum atomic E-state index is 10.2. The first-order chi connectivity index (χ1) is 9.13. The number of ether oxygens (including phenoxy) is 1. The quantitative estimate of drug-likeness (QED) is 0.922. The summed E-state index contributed by atoms with van der Waals surface area (Å²) in [5.41, 5.74) is 1.17. The molecule has 106 valence electrons. The summed E-state index contributed by atoms with van der Waals surface area (Å²) >= 11 is 3.50. The molecule has 1 aromatic carbocycles. The molecule has 0 bridgehead atoms. The van der Waals surface area contributed by atoms with Crippen molar-refractivity contribution in [2.45, 2.75) is 25.9 Å². The number of methoxy groups -OCH3 is 1. The van der Waals surface area contributed by atoms with Crippen LogP contribution in [0.4, 0.5) is 0 Å². The number of hydrogen-bond acceptors (Lipinski definition) is 3. The van der Waals surface area contributed by atoms with Crippen molar-refractivity contribution >= 4 is 15.9 Å². The van der Waals surface area contributed by atoms with Crippen LogP contribution < -0.4 is 4.74 Å². The molecule has 1 heterocycles. The standard InChI is InChI=1S/C15H22BrNO2/c1-3-17-7-6-14(18)12(10-17)8-11-9-13(16)4-5-15(11)19-2/h4-5,9,12,14,18H,3,6-8,10H2,1-2H3. The van der Waals surface area contributed by atoms with Crippen LogP contribution in [0.15, 0.2) is 22.7 Å². The largest absolute Gasteiger partial charge is 0.496 e. The molecule has 1 fully saturated rings. The van der Waals surface area contributed by atoms with E-state index in [1.54, 1.807) is 7.11 Å². The maximum absolute atomic E-state index is 10.2. The van der Waals surface area contributed by atoms with Gasteiger partial charge in [-0.15, -0.1) is 0 Å². The van der Waals surface area contributed by atoms with E-state index in [-0.39, 0.29) is 12.0 Å². The smallest absolute Gasteiger partial charge is 0.122 e. The van der Waals surface area contributed by atoms with Crippen molar-refractivity contribution in [3.05, 3.63) is 28.2 Å². The molecule has 2 unspecified atom stereocenters. The summed E-state index contributed by atoms with van der Waals surface area (Å²) in [5, 5.41) is 10.2. The Kier molecular flexibility index (Phi) is 5.25. The summed E-state index contributed by atoms with van der Waals surface area (Å²) in [7, 11) is 1.70. The molecule has 1 saturated heterocycles. The number of piperidine rings is 1. The predicted molar refractivity (Wildman–Crippen MR) is 80.6 cm³/mol. The molecule has 0 aliphatic carbocycles. The highest BCUT2D eigenvalue weighted by atomic mass is 79.9. The first-order valence-electron chi connectivity index (χ1n) is 6.87. The van der Waals surface area contributed by atoms with Crippen LogP contribution in [0, 0.1) is 5.92 Å². The van der Waals surface area contributed by atoms with Gasteiger partial charge in [-0.2, -0.15) is 0 Å². The van der Waals surface area contributed by atoms with Gasteiger partial charge in [0, 0.05) is 23.5 Å². The number of halogens is 1. The minimum atomic E-state index is -0.202. The third-order valence-corrected chi connectivity index (χ3v) is 4.44. The van der Waals surface area contributed by atoms with E-state index in [9.17, 15) is 5.11 Å². The fraction of sp³-hybridized carbons (Fsp3) is 0.600. The molecule has 0 aromatic heterocycles. The van der Waals surface area contributed by atoms with Crippen molar-refractivity contribution in [2.75, 3.05) is 26.7 Å². The van der Waals surface area contributed by atoms with Crippen molar-refractivity contribution in [2.24, 2.45) is 5.92 Å².